The lowest BCUT2D eigenvalue weighted by Gasteiger charge is -2.13. The summed E-state index contributed by atoms with van der Waals surface area (Å²) in [7, 11) is -0.756. The lowest BCUT2D eigenvalue weighted by molar-refractivity contribution is 0.0174. The Bertz CT molecular complexity index is 1110. The quantitative estimate of drug-likeness (QED) is 0.678. The number of benzene rings is 2. The van der Waals surface area contributed by atoms with E-state index in [-0.39, 0.29) is 16.3 Å². The molecule has 0 spiro atoms. The predicted molar refractivity (Wildman–Crippen MR) is 99.3 cm³/mol. The van der Waals surface area contributed by atoms with Gasteiger partial charge in [0.1, 0.15) is 0 Å². The molecule has 148 valence electrons. The standard InChI is InChI=1S/C18H19F2N5O2S/c1-18(19,20)14-6-4-5-12(10-14)9-13-7-8-15(28(26,27)21-2)11-16(13)17-22-24-25(3)23-17/h4-8,10-11,21H,9H2,1-3H3. The number of halogens is 2. The Morgan fingerprint density at radius 1 is 1.18 bits per heavy atom. The molecule has 1 N–H and O–H groups in total. The average Bonchev–Trinajstić information content (AvgIpc) is 3.07. The Kier molecular flexibility index (Phi) is 5.26. The van der Waals surface area contributed by atoms with Crippen molar-refractivity contribution in [1.29, 1.82) is 0 Å². The number of nitrogens with one attached hydrogen (secondary N) is 1. The maximum absolute atomic E-state index is 13.6. The highest BCUT2D eigenvalue weighted by molar-refractivity contribution is 7.89. The zero-order chi connectivity index (χ0) is 20.5. The molecular weight excluding hydrogens is 388 g/mol. The van der Waals surface area contributed by atoms with Crippen LogP contribution in [0.1, 0.15) is 23.6 Å². The Labute approximate surface area is 161 Å². The van der Waals surface area contributed by atoms with Crippen molar-refractivity contribution in [2.75, 3.05) is 7.05 Å². The maximum atomic E-state index is 13.6. The van der Waals surface area contributed by atoms with Gasteiger partial charge in [0.25, 0.3) is 5.92 Å². The third-order valence-electron chi connectivity index (χ3n) is 4.24. The fourth-order valence-corrected chi connectivity index (χ4v) is 3.52. The molecule has 0 atom stereocenters. The molecule has 0 bridgehead atoms. The van der Waals surface area contributed by atoms with Gasteiger partial charge in [-0.2, -0.15) is 4.80 Å². The number of rotatable bonds is 6. The van der Waals surface area contributed by atoms with Crippen molar-refractivity contribution in [2.24, 2.45) is 7.05 Å². The fourth-order valence-electron chi connectivity index (χ4n) is 2.77. The van der Waals surface area contributed by atoms with E-state index in [1.165, 1.54) is 36.1 Å². The number of nitrogens with zero attached hydrogens (tertiary/aromatic N) is 4. The van der Waals surface area contributed by atoms with Crippen molar-refractivity contribution < 1.29 is 17.2 Å². The summed E-state index contributed by atoms with van der Waals surface area (Å²) in [4.78, 5) is 1.31. The van der Waals surface area contributed by atoms with E-state index in [4.69, 9.17) is 0 Å². The van der Waals surface area contributed by atoms with Gasteiger partial charge in [0.05, 0.1) is 11.9 Å². The predicted octanol–water partition coefficient (Wildman–Crippen LogP) is 2.49. The normalized spacial score (nSPS) is 12.3. The van der Waals surface area contributed by atoms with Gasteiger partial charge in [-0.15, -0.1) is 10.2 Å². The minimum absolute atomic E-state index is 0.0510. The second-order valence-corrected chi connectivity index (χ2v) is 8.28. The monoisotopic (exact) mass is 407 g/mol. The first-order chi connectivity index (χ1) is 13.1. The molecule has 0 saturated heterocycles. The molecule has 1 aromatic heterocycles. The zero-order valence-electron chi connectivity index (χ0n) is 15.5. The molecule has 0 aliphatic carbocycles. The van der Waals surface area contributed by atoms with Crippen LogP contribution in [-0.4, -0.2) is 35.7 Å². The van der Waals surface area contributed by atoms with Crippen molar-refractivity contribution in [2.45, 2.75) is 24.2 Å². The molecule has 0 amide bonds. The summed E-state index contributed by atoms with van der Waals surface area (Å²) in [5.74, 6) is -2.70. The average molecular weight is 407 g/mol. The Balaban J connectivity index is 2.08. The Hall–Kier alpha value is -2.72. The van der Waals surface area contributed by atoms with Gasteiger partial charge < -0.3 is 0 Å². The molecule has 0 radical (unpaired) electrons. The van der Waals surface area contributed by atoms with Gasteiger partial charge in [-0.25, -0.2) is 21.9 Å². The van der Waals surface area contributed by atoms with E-state index in [2.05, 4.69) is 20.1 Å². The van der Waals surface area contributed by atoms with Crippen LogP contribution in [0.3, 0.4) is 0 Å². The summed E-state index contributed by atoms with van der Waals surface area (Å²) in [6.45, 7) is 0.846. The van der Waals surface area contributed by atoms with E-state index in [9.17, 15) is 17.2 Å². The van der Waals surface area contributed by atoms with E-state index in [1.807, 2.05) is 0 Å². The summed E-state index contributed by atoms with van der Waals surface area (Å²) in [6, 6.07) is 10.7. The lowest BCUT2D eigenvalue weighted by Crippen LogP contribution is -2.18. The smallest absolute Gasteiger partial charge is 0.214 e. The van der Waals surface area contributed by atoms with Gasteiger partial charge in [-0.05, 0) is 48.0 Å². The van der Waals surface area contributed by atoms with E-state index in [0.29, 0.717) is 23.1 Å². The first-order valence-corrected chi connectivity index (χ1v) is 9.86. The van der Waals surface area contributed by atoms with Crippen LogP contribution >= 0.6 is 0 Å². The van der Waals surface area contributed by atoms with Gasteiger partial charge in [0.2, 0.25) is 15.8 Å². The van der Waals surface area contributed by atoms with Crippen LogP contribution in [0.5, 0.6) is 0 Å². The highest BCUT2D eigenvalue weighted by Crippen LogP contribution is 2.30. The number of hydrogen-bond acceptors (Lipinski definition) is 5. The minimum Gasteiger partial charge on any atom is -0.214 e. The number of aryl methyl sites for hydroxylation is 1. The molecular formula is C18H19F2N5O2S. The summed E-state index contributed by atoms with van der Waals surface area (Å²) >= 11 is 0. The lowest BCUT2D eigenvalue weighted by atomic mass is 9.97. The van der Waals surface area contributed by atoms with Crippen LogP contribution in [0.15, 0.2) is 47.4 Å². The van der Waals surface area contributed by atoms with E-state index in [0.717, 1.165) is 6.92 Å². The number of hydrogen-bond donors (Lipinski definition) is 1. The summed E-state index contributed by atoms with van der Waals surface area (Å²) < 4.78 is 53.9. The topological polar surface area (TPSA) is 89.8 Å². The summed E-state index contributed by atoms with van der Waals surface area (Å²) in [6.07, 6.45) is 0.303. The van der Waals surface area contributed by atoms with Crippen molar-refractivity contribution in [1.82, 2.24) is 24.9 Å². The molecule has 1 heterocycles. The molecule has 7 nitrogen and oxygen atoms in total. The van der Waals surface area contributed by atoms with Crippen LogP contribution < -0.4 is 4.72 Å². The third kappa shape index (κ3) is 4.23. The van der Waals surface area contributed by atoms with E-state index in [1.54, 1.807) is 25.2 Å². The van der Waals surface area contributed by atoms with Gasteiger partial charge in [0, 0.05) is 18.1 Å². The van der Waals surface area contributed by atoms with Gasteiger partial charge in [0.15, 0.2) is 0 Å². The first-order valence-electron chi connectivity index (χ1n) is 8.38. The second kappa shape index (κ2) is 7.36. The fraction of sp³-hybridized carbons (Fsp3) is 0.278. The highest BCUT2D eigenvalue weighted by Gasteiger charge is 2.24. The number of aromatic nitrogens is 4. The second-order valence-electron chi connectivity index (χ2n) is 6.39. The van der Waals surface area contributed by atoms with E-state index >= 15 is 0 Å². The van der Waals surface area contributed by atoms with Gasteiger partial charge in [-0.1, -0.05) is 24.3 Å². The van der Waals surface area contributed by atoms with Crippen LogP contribution in [-0.2, 0) is 29.4 Å². The van der Waals surface area contributed by atoms with Gasteiger partial charge in [-0.3, -0.25) is 0 Å². The molecule has 10 heteroatoms. The number of sulfonamides is 1. The number of alkyl halides is 2. The molecule has 3 aromatic rings. The first kappa shape index (κ1) is 20.0. The maximum Gasteiger partial charge on any atom is 0.270 e. The molecule has 0 aliphatic heterocycles. The molecule has 2 aromatic carbocycles. The molecule has 0 fully saturated rings. The van der Waals surface area contributed by atoms with Crippen molar-refractivity contribution >= 4 is 10.0 Å². The van der Waals surface area contributed by atoms with Crippen molar-refractivity contribution in [3.63, 3.8) is 0 Å². The van der Waals surface area contributed by atoms with Crippen LogP contribution in [0, 0.1) is 0 Å². The third-order valence-corrected chi connectivity index (χ3v) is 5.65. The minimum atomic E-state index is -3.67. The molecule has 0 unspecified atom stereocenters. The largest absolute Gasteiger partial charge is 0.270 e. The molecule has 28 heavy (non-hydrogen) atoms. The highest BCUT2D eigenvalue weighted by atomic mass is 32.2. The SMILES string of the molecule is CNS(=O)(=O)c1ccc(Cc2cccc(C(C)(F)F)c2)c(-c2nnn(C)n2)c1. The summed E-state index contributed by atoms with van der Waals surface area (Å²) in [5.41, 5.74) is 1.74. The van der Waals surface area contributed by atoms with Gasteiger partial charge >= 0.3 is 0 Å². The van der Waals surface area contributed by atoms with E-state index < -0.39 is 15.9 Å². The van der Waals surface area contributed by atoms with Crippen molar-refractivity contribution in [3.8, 4) is 11.4 Å². The van der Waals surface area contributed by atoms with Crippen LogP contribution in [0.25, 0.3) is 11.4 Å². The summed E-state index contributed by atoms with van der Waals surface area (Å²) in [5, 5.41) is 11.9. The number of tetrazole rings is 1. The molecule has 0 aliphatic rings. The Morgan fingerprint density at radius 3 is 2.54 bits per heavy atom. The van der Waals surface area contributed by atoms with Crippen LogP contribution in [0.4, 0.5) is 8.78 Å². The Morgan fingerprint density at radius 2 is 1.93 bits per heavy atom. The zero-order valence-corrected chi connectivity index (χ0v) is 16.3. The molecule has 0 saturated carbocycles. The van der Waals surface area contributed by atoms with Crippen LogP contribution in [0.2, 0.25) is 0 Å². The molecule has 3 rings (SSSR count). The van der Waals surface area contributed by atoms with Crippen molar-refractivity contribution in [3.05, 3.63) is 59.2 Å².